The first kappa shape index (κ1) is 22.8. The van der Waals surface area contributed by atoms with E-state index in [1.54, 1.807) is 24.3 Å². The molecule has 0 spiro atoms. The zero-order chi connectivity index (χ0) is 21.3. The summed E-state index contributed by atoms with van der Waals surface area (Å²) in [6.45, 7) is 5.02. The van der Waals surface area contributed by atoms with Crippen LogP contribution in [0.25, 0.3) is 0 Å². The van der Waals surface area contributed by atoms with Crippen LogP contribution in [0, 0.1) is 0 Å². The van der Waals surface area contributed by atoms with Crippen molar-refractivity contribution in [3.8, 4) is 11.8 Å². The van der Waals surface area contributed by atoms with Crippen LogP contribution >= 0.6 is 0 Å². The molecule has 160 valence electrons. The van der Waals surface area contributed by atoms with E-state index >= 15 is 0 Å². The van der Waals surface area contributed by atoms with Crippen molar-refractivity contribution in [2.45, 2.75) is 52.1 Å². The van der Waals surface area contributed by atoms with E-state index in [2.05, 4.69) is 16.9 Å². The summed E-state index contributed by atoms with van der Waals surface area (Å²) in [6, 6.07) is 6.87. The minimum atomic E-state index is -4.58. The molecule has 2 aromatic rings. The zero-order valence-electron chi connectivity index (χ0n) is 17.1. The molecule has 5 nitrogen and oxygen atoms in total. The van der Waals surface area contributed by atoms with E-state index in [1.807, 2.05) is 6.92 Å². The first-order valence-corrected chi connectivity index (χ1v) is 9.90. The molecule has 0 amide bonds. The topological polar surface area (TPSA) is 47.5 Å². The van der Waals surface area contributed by atoms with Crippen molar-refractivity contribution >= 4 is 11.5 Å². The summed E-state index contributed by atoms with van der Waals surface area (Å²) in [5.41, 5.74) is -0.390. The molecule has 0 bridgehead atoms. The summed E-state index contributed by atoms with van der Waals surface area (Å²) >= 11 is 0. The molecule has 0 atom stereocenters. The molecule has 8 heteroatoms. The fourth-order valence-electron chi connectivity index (χ4n) is 2.64. The largest absolute Gasteiger partial charge is 0.494 e. The van der Waals surface area contributed by atoms with Gasteiger partial charge in [-0.2, -0.15) is 18.2 Å². The summed E-state index contributed by atoms with van der Waals surface area (Å²) in [7, 11) is 1.53. The Hall–Kier alpha value is -2.51. The lowest BCUT2D eigenvalue weighted by Crippen LogP contribution is -2.19. The number of rotatable bonds is 11. The van der Waals surface area contributed by atoms with Gasteiger partial charge in [-0.1, -0.05) is 39.2 Å². The number of alkyl halides is 3. The summed E-state index contributed by atoms with van der Waals surface area (Å²) in [5, 5.41) is 0. The van der Waals surface area contributed by atoms with Crippen molar-refractivity contribution in [2.24, 2.45) is 0 Å². The maximum absolute atomic E-state index is 13.5. The van der Waals surface area contributed by atoms with Crippen LogP contribution in [0.15, 0.2) is 30.5 Å². The number of nitrogens with zero attached hydrogens (tertiary/aromatic N) is 3. The standard InChI is InChI=1S/C21H28F3N3O2/c1-4-6-8-13-28-17-11-9-10-16(14-17)27(3)19-18(21(22,23)24)15-25-20(26-19)29-12-7-5-2/h9-11,14-15H,4-8,12-13H2,1-3H3. The average molecular weight is 411 g/mol. The Morgan fingerprint density at radius 1 is 1.00 bits per heavy atom. The highest BCUT2D eigenvalue weighted by Crippen LogP contribution is 2.38. The third-order valence-electron chi connectivity index (χ3n) is 4.32. The molecule has 1 aromatic heterocycles. The number of halogens is 3. The van der Waals surface area contributed by atoms with Crippen LogP contribution < -0.4 is 14.4 Å². The Balaban J connectivity index is 2.27. The predicted octanol–water partition coefficient (Wildman–Crippen LogP) is 6.01. The second-order valence-electron chi connectivity index (χ2n) is 6.70. The normalized spacial score (nSPS) is 11.4. The van der Waals surface area contributed by atoms with Crippen LogP contribution in [-0.2, 0) is 6.18 Å². The Morgan fingerprint density at radius 3 is 2.41 bits per heavy atom. The van der Waals surface area contributed by atoms with Crippen LogP contribution in [0.4, 0.5) is 24.7 Å². The number of hydrogen-bond donors (Lipinski definition) is 0. The molecule has 0 N–H and O–H groups in total. The van der Waals surface area contributed by atoms with Gasteiger partial charge in [-0.25, -0.2) is 4.98 Å². The van der Waals surface area contributed by atoms with E-state index in [1.165, 1.54) is 11.9 Å². The maximum Gasteiger partial charge on any atom is 0.421 e. The SMILES string of the molecule is CCCCCOc1cccc(N(C)c2nc(OCCCC)ncc2C(F)(F)F)c1. The maximum atomic E-state index is 13.5. The van der Waals surface area contributed by atoms with E-state index in [-0.39, 0.29) is 11.8 Å². The molecule has 0 aliphatic carbocycles. The molecule has 0 aliphatic rings. The first-order valence-electron chi connectivity index (χ1n) is 9.90. The summed E-state index contributed by atoms with van der Waals surface area (Å²) < 4.78 is 51.6. The Bertz CT molecular complexity index is 769. The van der Waals surface area contributed by atoms with Gasteiger partial charge in [-0.3, -0.25) is 0 Å². The lowest BCUT2D eigenvalue weighted by Gasteiger charge is -2.23. The van der Waals surface area contributed by atoms with Gasteiger partial charge in [-0.05, 0) is 25.0 Å². The average Bonchev–Trinajstić information content (AvgIpc) is 2.70. The van der Waals surface area contributed by atoms with E-state index < -0.39 is 11.7 Å². The monoisotopic (exact) mass is 411 g/mol. The molecule has 0 saturated carbocycles. The second kappa shape index (κ2) is 10.9. The van der Waals surface area contributed by atoms with Crippen LogP contribution in [0.1, 0.15) is 51.5 Å². The van der Waals surface area contributed by atoms with Crippen molar-refractivity contribution in [2.75, 3.05) is 25.2 Å². The van der Waals surface area contributed by atoms with Crippen molar-refractivity contribution in [3.05, 3.63) is 36.0 Å². The van der Waals surface area contributed by atoms with E-state index in [0.29, 0.717) is 24.7 Å². The minimum absolute atomic E-state index is 0.0692. The fourth-order valence-corrected chi connectivity index (χ4v) is 2.64. The van der Waals surface area contributed by atoms with E-state index in [4.69, 9.17) is 9.47 Å². The molecule has 0 unspecified atom stereocenters. The van der Waals surface area contributed by atoms with Gasteiger partial charge in [0, 0.05) is 25.0 Å². The molecule has 0 radical (unpaired) electrons. The highest BCUT2D eigenvalue weighted by Gasteiger charge is 2.36. The van der Waals surface area contributed by atoms with Crippen LogP contribution in [0.3, 0.4) is 0 Å². The smallest absolute Gasteiger partial charge is 0.421 e. The number of ether oxygens (including phenoxy) is 2. The molecule has 29 heavy (non-hydrogen) atoms. The predicted molar refractivity (Wildman–Crippen MR) is 107 cm³/mol. The quantitative estimate of drug-likeness (QED) is 0.424. The molecule has 0 aliphatic heterocycles. The van der Waals surface area contributed by atoms with Gasteiger partial charge in [0.05, 0.1) is 13.2 Å². The molecule has 0 saturated heterocycles. The van der Waals surface area contributed by atoms with Crippen molar-refractivity contribution in [1.82, 2.24) is 9.97 Å². The number of aromatic nitrogens is 2. The lowest BCUT2D eigenvalue weighted by molar-refractivity contribution is -0.137. The number of anilines is 2. The van der Waals surface area contributed by atoms with Gasteiger partial charge in [-0.15, -0.1) is 0 Å². The third kappa shape index (κ3) is 6.80. The lowest BCUT2D eigenvalue weighted by atomic mass is 10.2. The Labute approximate surface area is 169 Å². The van der Waals surface area contributed by atoms with Crippen LogP contribution in [0.2, 0.25) is 0 Å². The molecular weight excluding hydrogens is 383 g/mol. The van der Waals surface area contributed by atoms with Crippen LogP contribution in [0.5, 0.6) is 11.8 Å². The van der Waals surface area contributed by atoms with Crippen LogP contribution in [-0.4, -0.2) is 30.2 Å². The molecule has 1 aromatic carbocycles. The molecular formula is C21H28F3N3O2. The molecule has 2 rings (SSSR count). The summed E-state index contributed by atoms with van der Waals surface area (Å²) in [5.74, 6) is 0.342. The number of benzene rings is 1. The number of hydrogen-bond acceptors (Lipinski definition) is 5. The Morgan fingerprint density at radius 2 is 1.72 bits per heavy atom. The van der Waals surface area contributed by atoms with E-state index in [0.717, 1.165) is 38.3 Å². The van der Waals surface area contributed by atoms with Crippen molar-refractivity contribution < 1.29 is 22.6 Å². The van der Waals surface area contributed by atoms with Gasteiger partial charge in [0.15, 0.2) is 5.82 Å². The van der Waals surface area contributed by atoms with Gasteiger partial charge in [0.1, 0.15) is 11.3 Å². The number of unbranched alkanes of at least 4 members (excludes halogenated alkanes) is 3. The molecule has 0 fully saturated rings. The van der Waals surface area contributed by atoms with Gasteiger partial charge >= 0.3 is 12.2 Å². The van der Waals surface area contributed by atoms with Gasteiger partial charge in [0.25, 0.3) is 0 Å². The van der Waals surface area contributed by atoms with Gasteiger partial charge in [0.2, 0.25) is 0 Å². The highest BCUT2D eigenvalue weighted by molar-refractivity contribution is 5.64. The van der Waals surface area contributed by atoms with Crippen molar-refractivity contribution in [3.63, 3.8) is 0 Å². The first-order chi connectivity index (χ1) is 13.9. The minimum Gasteiger partial charge on any atom is -0.494 e. The fraction of sp³-hybridized carbons (Fsp3) is 0.524. The van der Waals surface area contributed by atoms with E-state index in [9.17, 15) is 13.2 Å². The van der Waals surface area contributed by atoms with Gasteiger partial charge < -0.3 is 14.4 Å². The third-order valence-corrected chi connectivity index (χ3v) is 4.32. The Kier molecular flexibility index (Phi) is 8.54. The summed E-state index contributed by atoms with van der Waals surface area (Å²) in [4.78, 5) is 9.13. The molecule has 1 heterocycles. The second-order valence-corrected chi connectivity index (χ2v) is 6.70. The zero-order valence-corrected chi connectivity index (χ0v) is 17.1. The highest BCUT2D eigenvalue weighted by atomic mass is 19.4. The van der Waals surface area contributed by atoms with Crippen molar-refractivity contribution in [1.29, 1.82) is 0 Å². The summed E-state index contributed by atoms with van der Waals surface area (Å²) in [6.07, 6.45) is 0.939.